The van der Waals surface area contributed by atoms with Crippen molar-refractivity contribution in [3.05, 3.63) is 39.9 Å². The molecule has 0 aliphatic heterocycles. The lowest BCUT2D eigenvalue weighted by Crippen LogP contribution is -2.22. The summed E-state index contributed by atoms with van der Waals surface area (Å²) in [7, 11) is 0. The minimum Gasteiger partial charge on any atom is -0.310 e. The van der Waals surface area contributed by atoms with Gasteiger partial charge in [-0.3, -0.25) is 0 Å². The summed E-state index contributed by atoms with van der Waals surface area (Å²) in [6.45, 7) is 9.00. The Bertz CT molecular complexity index is 575. The molecule has 1 aromatic heterocycles. The first-order valence-corrected chi connectivity index (χ1v) is 7.19. The predicted octanol–water partition coefficient (Wildman–Crippen LogP) is 3.14. The first-order chi connectivity index (χ1) is 8.97. The second kappa shape index (κ2) is 5.84. The van der Waals surface area contributed by atoms with E-state index >= 15 is 0 Å². The van der Waals surface area contributed by atoms with Crippen molar-refractivity contribution in [2.24, 2.45) is 0 Å². The van der Waals surface area contributed by atoms with Crippen LogP contribution in [0.4, 0.5) is 0 Å². The summed E-state index contributed by atoms with van der Waals surface area (Å²) in [5.74, 6) is 1.69. The van der Waals surface area contributed by atoms with Crippen molar-refractivity contribution >= 4 is 15.9 Å². The van der Waals surface area contributed by atoms with Gasteiger partial charge in [-0.15, -0.1) is 0 Å². The Balaban J connectivity index is 2.26. The van der Waals surface area contributed by atoms with Crippen LogP contribution >= 0.6 is 15.9 Å². The highest BCUT2D eigenvalue weighted by Crippen LogP contribution is 2.21. The first-order valence-electron chi connectivity index (χ1n) is 6.40. The second-order valence-corrected chi connectivity index (χ2v) is 5.78. The average Bonchev–Trinajstić information content (AvgIpc) is 2.66. The Hall–Kier alpha value is -1.20. The van der Waals surface area contributed by atoms with Crippen LogP contribution in [0.3, 0.4) is 0 Å². The van der Waals surface area contributed by atoms with Crippen molar-refractivity contribution in [3.63, 3.8) is 0 Å². The number of hydrogen-bond donors (Lipinski definition) is 1. The van der Waals surface area contributed by atoms with E-state index in [-0.39, 0.29) is 0 Å². The van der Waals surface area contributed by atoms with Crippen molar-refractivity contribution in [2.45, 2.75) is 40.3 Å². The Morgan fingerprint density at radius 1 is 1.32 bits per heavy atom. The fourth-order valence-electron chi connectivity index (χ4n) is 1.89. The lowest BCUT2D eigenvalue weighted by molar-refractivity contribution is 0.588. The lowest BCUT2D eigenvalue weighted by Gasteiger charge is -2.11. The molecule has 4 nitrogen and oxygen atoms in total. The fourth-order valence-corrected chi connectivity index (χ4v) is 2.40. The van der Waals surface area contributed by atoms with Crippen LogP contribution in [0.1, 0.15) is 31.1 Å². The van der Waals surface area contributed by atoms with Gasteiger partial charge in [0.05, 0.1) is 5.69 Å². The number of aromatic nitrogens is 3. The molecule has 102 valence electrons. The summed E-state index contributed by atoms with van der Waals surface area (Å²) >= 11 is 3.62. The van der Waals surface area contributed by atoms with Gasteiger partial charge in [0.25, 0.3) is 0 Å². The van der Waals surface area contributed by atoms with E-state index in [1.807, 2.05) is 18.5 Å². The molecular formula is C14H19BrN4. The summed E-state index contributed by atoms with van der Waals surface area (Å²) in [4.78, 5) is 4.32. The summed E-state index contributed by atoms with van der Waals surface area (Å²) in [6.07, 6.45) is 0. The van der Waals surface area contributed by atoms with Crippen molar-refractivity contribution in [2.75, 3.05) is 0 Å². The van der Waals surface area contributed by atoms with Crippen LogP contribution in [0.15, 0.2) is 22.7 Å². The molecule has 0 atom stereocenters. The normalized spacial score (nSPS) is 11.3. The summed E-state index contributed by atoms with van der Waals surface area (Å²) < 4.78 is 2.95. The van der Waals surface area contributed by atoms with Gasteiger partial charge in [-0.05, 0) is 31.5 Å². The van der Waals surface area contributed by atoms with Gasteiger partial charge in [-0.2, -0.15) is 5.10 Å². The van der Waals surface area contributed by atoms with Crippen molar-refractivity contribution < 1.29 is 0 Å². The third-order valence-corrected chi connectivity index (χ3v) is 3.60. The monoisotopic (exact) mass is 322 g/mol. The van der Waals surface area contributed by atoms with Gasteiger partial charge in [-0.25, -0.2) is 9.67 Å². The topological polar surface area (TPSA) is 42.7 Å². The van der Waals surface area contributed by atoms with Crippen LogP contribution in [-0.2, 0) is 6.54 Å². The minimum atomic E-state index is 0.479. The molecule has 0 unspecified atom stereocenters. The molecule has 0 aliphatic carbocycles. The molecule has 0 saturated heterocycles. The molecule has 0 fully saturated rings. The van der Waals surface area contributed by atoms with Crippen LogP contribution in [0.2, 0.25) is 0 Å². The van der Waals surface area contributed by atoms with E-state index in [4.69, 9.17) is 0 Å². The minimum absolute atomic E-state index is 0.479. The van der Waals surface area contributed by atoms with E-state index in [2.05, 4.69) is 63.4 Å². The summed E-state index contributed by atoms with van der Waals surface area (Å²) in [5, 5.41) is 7.81. The van der Waals surface area contributed by atoms with E-state index in [1.54, 1.807) is 0 Å². The van der Waals surface area contributed by atoms with Gasteiger partial charge < -0.3 is 5.32 Å². The molecule has 1 N–H and O–H groups in total. The standard InChI is InChI=1S/C14H19BrN4/c1-9(2)16-8-12-5-6-13(7-14(12)15)19-11(4)17-10(3)18-19/h5-7,9,16H,8H2,1-4H3. The van der Waals surface area contributed by atoms with Crippen LogP contribution in [0.25, 0.3) is 5.69 Å². The molecule has 19 heavy (non-hydrogen) atoms. The van der Waals surface area contributed by atoms with Gasteiger partial charge >= 0.3 is 0 Å². The third kappa shape index (κ3) is 3.42. The molecular weight excluding hydrogens is 304 g/mol. The SMILES string of the molecule is Cc1nc(C)n(-c2ccc(CNC(C)C)c(Br)c2)n1. The molecule has 5 heteroatoms. The smallest absolute Gasteiger partial charge is 0.148 e. The van der Waals surface area contributed by atoms with Crippen molar-refractivity contribution in [1.29, 1.82) is 0 Å². The number of nitrogens with zero attached hydrogens (tertiary/aromatic N) is 3. The molecule has 0 amide bonds. The van der Waals surface area contributed by atoms with E-state index in [9.17, 15) is 0 Å². The molecule has 0 radical (unpaired) electrons. The Morgan fingerprint density at radius 2 is 2.05 bits per heavy atom. The zero-order valence-corrected chi connectivity index (χ0v) is 13.3. The van der Waals surface area contributed by atoms with Gasteiger partial charge in [0.1, 0.15) is 11.6 Å². The number of halogens is 1. The van der Waals surface area contributed by atoms with Crippen molar-refractivity contribution in [3.8, 4) is 5.69 Å². The Labute approximate surface area is 122 Å². The van der Waals surface area contributed by atoms with Gasteiger partial charge in [0, 0.05) is 17.1 Å². The first kappa shape index (κ1) is 14.2. The maximum atomic E-state index is 4.39. The maximum Gasteiger partial charge on any atom is 0.148 e. The lowest BCUT2D eigenvalue weighted by atomic mass is 10.2. The number of benzene rings is 1. The molecule has 0 saturated carbocycles. The second-order valence-electron chi connectivity index (χ2n) is 4.93. The molecule has 2 aromatic rings. The van der Waals surface area contributed by atoms with E-state index < -0.39 is 0 Å². The average molecular weight is 323 g/mol. The maximum absolute atomic E-state index is 4.39. The number of aryl methyl sites for hydroxylation is 2. The molecule has 2 rings (SSSR count). The molecule has 0 aliphatic rings. The number of nitrogens with one attached hydrogen (secondary N) is 1. The van der Waals surface area contributed by atoms with E-state index in [0.29, 0.717) is 6.04 Å². The molecule has 0 spiro atoms. The van der Waals surface area contributed by atoms with Crippen LogP contribution in [-0.4, -0.2) is 20.8 Å². The largest absolute Gasteiger partial charge is 0.310 e. The Kier molecular flexibility index (Phi) is 4.37. The fraction of sp³-hybridized carbons (Fsp3) is 0.429. The summed E-state index contributed by atoms with van der Waals surface area (Å²) in [5.41, 5.74) is 2.27. The molecule has 1 heterocycles. The third-order valence-electron chi connectivity index (χ3n) is 2.86. The molecule has 0 bridgehead atoms. The zero-order chi connectivity index (χ0) is 14.0. The van der Waals surface area contributed by atoms with Gasteiger partial charge in [0.15, 0.2) is 0 Å². The van der Waals surface area contributed by atoms with E-state index in [0.717, 1.165) is 28.4 Å². The highest BCUT2D eigenvalue weighted by atomic mass is 79.9. The van der Waals surface area contributed by atoms with Crippen LogP contribution < -0.4 is 5.32 Å². The zero-order valence-electron chi connectivity index (χ0n) is 11.7. The quantitative estimate of drug-likeness (QED) is 0.940. The molecule has 1 aromatic carbocycles. The van der Waals surface area contributed by atoms with Gasteiger partial charge in [-0.1, -0.05) is 35.8 Å². The van der Waals surface area contributed by atoms with Crippen LogP contribution in [0.5, 0.6) is 0 Å². The highest BCUT2D eigenvalue weighted by Gasteiger charge is 2.08. The number of hydrogen-bond acceptors (Lipinski definition) is 3. The predicted molar refractivity (Wildman–Crippen MR) is 80.5 cm³/mol. The van der Waals surface area contributed by atoms with E-state index in [1.165, 1.54) is 5.56 Å². The highest BCUT2D eigenvalue weighted by molar-refractivity contribution is 9.10. The summed E-state index contributed by atoms with van der Waals surface area (Å²) in [6, 6.07) is 6.75. The van der Waals surface area contributed by atoms with Crippen molar-refractivity contribution in [1.82, 2.24) is 20.1 Å². The Morgan fingerprint density at radius 3 is 2.58 bits per heavy atom. The number of rotatable bonds is 4. The van der Waals surface area contributed by atoms with Crippen LogP contribution in [0, 0.1) is 13.8 Å². The van der Waals surface area contributed by atoms with Gasteiger partial charge in [0.2, 0.25) is 0 Å².